The quantitative estimate of drug-likeness (QED) is 0.750. The zero-order chi connectivity index (χ0) is 11.3. The number of ether oxygens (including phenoxy) is 1. The van der Waals surface area contributed by atoms with E-state index in [1.54, 1.807) is 0 Å². The summed E-state index contributed by atoms with van der Waals surface area (Å²) in [5, 5.41) is 3.38. The molecule has 0 aliphatic carbocycles. The number of nitrogens with zero attached hydrogens (tertiary/aromatic N) is 1. The fraction of sp³-hybridized carbons (Fsp3) is 1.00. The van der Waals surface area contributed by atoms with Crippen LogP contribution in [0.1, 0.15) is 33.6 Å². The van der Waals surface area contributed by atoms with E-state index < -0.39 is 0 Å². The van der Waals surface area contributed by atoms with Crippen LogP contribution in [0.5, 0.6) is 0 Å². The van der Waals surface area contributed by atoms with Gasteiger partial charge in [-0.25, -0.2) is 0 Å². The van der Waals surface area contributed by atoms with Gasteiger partial charge in [0.15, 0.2) is 0 Å². The zero-order valence-corrected chi connectivity index (χ0v) is 10.6. The van der Waals surface area contributed by atoms with Crippen molar-refractivity contribution < 1.29 is 4.74 Å². The second-order valence-electron chi connectivity index (χ2n) is 4.62. The van der Waals surface area contributed by atoms with Gasteiger partial charge >= 0.3 is 0 Å². The van der Waals surface area contributed by atoms with Crippen LogP contribution in [-0.4, -0.2) is 49.8 Å². The van der Waals surface area contributed by atoms with Crippen LogP contribution in [0, 0.1) is 0 Å². The lowest BCUT2D eigenvalue weighted by Gasteiger charge is -2.38. The Hall–Kier alpha value is -0.120. The van der Waals surface area contributed by atoms with E-state index in [2.05, 4.69) is 38.0 Å². The van der Waals surface area contributed by atoms with Gasteiger partial charge in [-0.1, -0.05) is 0 Å². The lowest BCUT2D eigenvalue weighted by molar-refractivity contribution is 0.0230. The average Bonchev–Trinajstić information content (AvgIpc) is 2.21. The average molecular weight is 214 g/mol. The molecule has 3 heteroatoms. The molecule has 0 aromatic heterocycles. The molecule has 1 saturated heterocycles. The first-order valence-electron chi connectivity index (χ1n) is 6.20. The molecule has 1 aliphatic rings. The first-order chi connectivity index (χ1) is 7.17. The lowest BCUT2D eigenvalue weighted by Crippen LogP contribution is -2.48. The van der Waals surface area contributed by atoms with Crippen molar-refractivity contribution in [3.05, 3.63) is 0 Å². The zero-order valence-electron chi connectivity index (χ0n) is 10.6. The van der Waals surface area contributed by atoms with E-state index in [9.17, 15) is 0 Å². The molecule has 0 bridgehead atoms. The van der Waals surface area contributed by atoms with Crippen LogP contribution in [0.25, 0.3) is 0 Å². The molecule has 90 valence electrons. The maximum atomic E-state index is 5.59. The number of rotatable bonds is 5. The van der Waals surface area contributed by atoms with Gasteiger partial charge in [0.2, 0.25) is 0 Å². The molecule has 15 heavy (non-hydrogen) atoms. The van der Waals surface area contributed by atoms with Gasteiger partial charge in [0, 0.05) is 31.8 Å². The maximum absolute atomic E-state index is 5.59. The standard InChI is InChI=1S/C12H26N2O/c1-5-15-11(3)9-14-7-6-12(13-4)8-10(14)2/h10-13H,5-9H2,1-4H3. The Kier molecular flexibility index (Phi) is 5.58. The first kappa shape index (κ1) is 12.9. The van der Waals surface area contributed by atoms with Crippen molar-refractivity contribution in [1.29, 1.82) is 0 Å². The maximum Gasteiger partial charge on any atom is 0.0673 e. The van der Waals surface area contributed by atoms with Crippen molar-refractivity contribution in [3.63, 3.8) is 0 Å². The Morgan fingerprint density at radius 1 is 1.53 bits per heavy atom. The van der Waals surface area contributed by atoms with Crippen molar-refractivity contribution in [2.45, 2.75) is 51.8 Å². The molecule has 0 radical (unpaired) electrons. The van der Waals surface area contributed by atoms with E-state index >= 15 is 0 Å². The molecule has 1 aliphatic heterocycles. The smallest absolute Gasteiger partial charge is 0.0673 e. The van der Waals surface area contributed by atoms with E-state index in [-0.39, 0.29) is 0 Å². The fourth-order valence-electron chi connectivity index (χ4n) is 2.42. The number of piperidine rings is 1. The summed E-state index contributed by atoms with van der Waals surface area (Å²) in [7, 11) is 2.07. The summed E-state index contributed by atoms with van der Waals surface area (Å²) in [5.41, 5.74) is 0. The SMILES string of the molecule is CCOC(C)CN1CCC(NC)CC1C. The summed E-state index contributed by atoms with van der Waals surface area (Å²) in [5.74, 6) is 0. The lowest BCUT2D eigenvalue weighted by atomic mass is 9.98. The molecule has 3 atom stereocenters. The van der Waals surface area contributed by atoms with Crippen LogP contribution >= 0.6 is 0 Å². The van der Waals surface area contributed by atoms with Crippen LogP contribution in [0.2, 0.25) is 0 Å². The predicted octanol–water partition coefficient (Wildman–Crippen LogP) is 1.48. The minimum absolute atomic E-state index is 0.364. The van der Waals surface area contributed by atoms with Gasteiger partial charge in [-0.3, -0.25) is 4.90 Å². The van der Waals surface area contributed by atoms with Gasteiger partial charge in [0.05, 0.1) is 6.10 Å². The van der Waals surface area contributed by atoms with Crippen LogP contribution in [0.3, 0.4) is 0 Å². The highest BCUT2D eigenvalue weighted by molar-refractivity contribution is 4.82. The van der Waals surface area contributed by atoms with Crippen molar-refractivity contribution >= 4 is 0 Å². The fourth-order valence-corrected chi connectivity index (χ4v) is 2.42. The summed E-state index contributed by atoms with van der Waals surface area (Å²) in [4.78, 5) is 2.55. The van der Waals surface area contributed by atoms with E-state index in [1.165, 1.54) is 19.4 Å². The Labute approximate surface area is 94.2 Å². The Bertz CT molecular complexity index is 175. The summed E-state index contributed by atoms with van der Waals surface area (Å²) in [6.45, 7) is 9.65. The minimum atomic E-state index is 0.364. The Morgan fingerprint density at radius 3 is 2.80 bits per heavy atom. The predicted molar refractivity (Wildman–Crippen MR) is 64.2 cm³/mol. The topological polar surface area (TPSA) is 24.5 Å². The monoisotopic (exact) mass is 214 g/mol. The van der Waals surface area contributed by atoms with Crippen molar-refractivity contribution in [2.75, 3.05) is 26.7 Å². The normalized spacial score (nSPS) is 30.4. The number of likely N-dealkylation sites (tertiary alicyclic amines) is 1. The summed E-state index contributed by atoms with van der Waals surface area (Å²) in [6.07, 6.45) is 2.89. The van der Waals surface area contributed by atoms with Gasteiger partial charge < -0.3 is 10.1 Å². The minimum Gasteiger partial charge on any atom is -0.377 e. The molecule has 0 aromatic rings. The molecule has 1 N–H and O–H groups in total. The van der Waals surface area contributed by atoms with Crippen molar-refractivity contribution in [3.8, 4) is 0 Å². The highest BCUT2D eigenvalue weighted by Gasteiger charge is 2.25. The van der Waals surface area contributed by atoms with Gasteiger partial charge in [-0.2, -0.15) is 0 Å². The van der Waals surface area contributed by atoms with Crippen LogP contribution in [0.4, 0.5) is 0 Å². The Balaban J connectivity index is 2.31. The third kappa shape index (κ3) is 4.09. The molecule has 0 aromatic carbocycles. The summed E-state index contributed by atoms with van der Waals surface area (Å²) < 4.78 is 5.59. The first-order valence-corrected chi connectivity index (χ1v) is 6.20. The third-order valence-corrected chi connectivity index (χ3v) is 3.36. The van der Waals surface area contributed by atoms with Crippen molar-refractivity contribution in [2.24, 2.45) is 0 Å². The van der Waals surface area contributed by atoms with Gasteiger partial charge in [-0.15, -0.1) is 0 Å². The highest BCUT2D eigenvalue weighted by Crippen LogP contribution is 2.17. The largest absolute Gasteiger partial charge is 0.377 e. The number of nitrogens with one attached hydrogen (secondary N) is 1. The summed E-state index contributed by atoms with van der Waals surface area (Å²) >= 11 is 0. The molecular weight excluding hydrogens is 188 g/mol. The molecule has 1 fully saturated rings. The van der Waals surface area contributed by atoms with E-state index in [0.717, 1.165) is 13.2 Å². The molecule has 1 heterocycles. The highest BCUT2D eigenvalue weighted by atomic mass is 16.5. The molecule has 3 unspecified atom stereocenters. The van der Waals surface area contributed by atoms with Crippen LogP contribution in [0.15, 0.2) is 0 Å². The molecule has 0 saturated carbocycles. The second-order valence-corrected chi connectivity index (χ2v) is 4.62. The van der Waals surface area contributed by atoms with Gasteiger partial charge in [0.1, 0.15) is 0 Å². The number of hydrogen-bond donors (Lipinski definition) is 1. The molecular formula is C12H26N2O. The molecule has 1 rings (SSSR count). The molecule has 0 spiro atoms. The van der Waals surface area contributed by atoms with Crippen LogP contribution in [-0.2, 0) is 4.74 Å². The van der Waals surface area contributed by atoms with E-state index in [4.69, 9.17) is 4.74 Å². The van der Waals surface area contributed by atoms with Crippen molar-refractivity contribution in [1.82, 2.24) is 10.2 Å². The third-order valence-electron chi connectivity index (χ3n) is 3.36. The molecule has 3 nitrogen and oxygen atoms in total. The Morgan fingerprint density at radius 2 is 2.27 bits per heavy atom. The van der Waals surface area contributed by atoms with Gasteiger partial charge in [0.25, 0.3) is 0 Å². The summed E-state index contributed by atoms with van der Waals surface area (Å²) in [6, 6.07) is 1.39. The van der Waals surface area contributed by atoms with E-state index in [0.29, 0.717) is 18.2 Å². The van der Waals surface area contributed by atoms with Gasteiger partial charge in [-0.05, 0) is 40.7 Å². The second kappa shape index (κ2) is 6.46. The molecule has 0 amide bonds. The van der Waals surface area contributed by atoms with E-state index in [1.807, 2.05) is 0 Å². The van der Waals surface area contributed by atoms with Crippen LogP contribution < -0.4 is 5.32 Å². The number of hydrogen-bond acceptors (Lipinski definition) is 3.